The Kier molecular flexibility index (Phi) is 4.20. The summed E-state index contributed by atoms with van der Waals surface area (Å²) < 4.78 is 16.9. The number of rotatable bonds is 2. The molecule has 3 rings (SSSR count). The van der Waals surface area contributed by atoms with E-state index in [0.29, 0.717) is 0 Å². The van der Waals surface area contributed by atoms with Gasteiger partial charge in [0, 0.05) is 12.2 Å². The molecule has 0 amide bonds. The van der Waals surface area contributed by atoms with Crippen molar-refractivity contribution in [3.05, 3.63) is 35.4 Å². The summed E-state index contributed by atoms with van der Waals surface area (Å²) in [4.78, 5) is 0. The molecule has 1 atom stereocenters. The Bertz CT molecular complexity index is 330. The van der Waals surface area contributed by atoms with Gasteiger partial charge in [-0.1, -0.05) is 24.3 Å². The van der Waals surface area contributed by atoms with E-state index < -0.39 is 0 Å². The molecule has 3 nitrogen and oxygen atoms in total. The lowest BCUT2D eigenvalue weighted by atomic mass is 10.1. The first-order valence-electron chi connectivity index (χ1n) is 6.50. The topological polar surface area (TPSA) is 27.7 Å². The number of hydrogen-bond acceptors (Lipinski definition) is 4. The summed E-state index contributed by atoms with van der Waals surface area (Å²) in [5, 5.41) is 0. The number of benzene rings is 1. The summed E-state index contributed by atoms with van der Waals surface area (Å²) >= 11 is 1.87. The molecule has 0 aliphatic carbocycles. The predicted molar refractivity (Wildman–Crippen MR) is 71.5 cm³/mol. The lowest BCUT2D eigenvalue weighted by molar-refractivity contribution is -0.183. The molecule has 2 saturated heterocycles. The molecule has 0 spiro atoms. The Balaban J connectivity index is 1.67. The first-order valence-corrected chi connectivity index (χ1v) is 7.54. The molecular weight excluding hydrogens is 248 g/mol. The highest BCUT2D eigenvalue weighted by molar-refractivity contribution is 7.99. The van der Waals surface area contributed by atoms with Crippen LogP contribution in [0.25, 0.3) is 0 Å². The number of hydrogen-bond donors (Lipinski definition) is 0. The highest BCUT2D eigenvalue weighted by Gasteiger charge is 2.19. The van der Waals surface area contributed by atoms with E-state index in [1.165, 1.54) is 11.3 Å². The van der Waals surface area contributed by atoms with Gasteiger partial charge >= 0.3 is 0 Å². The fourth-order valence-electron chi connectivity index (χ4n) is 2.17. The van der Waals surface area contributed by atoms with Crippen LogP contribution in [0.2, 0.25) is 0 Å². The van der Waals surface area contributed by atoms with Gasteiger partial charge in [-0.15, -0.1) is 11.8 Å². The van der Waals surface area contributed by atoms with Gasteiger partial charge in [0.25, 0.3) is 0 Å². The minimum atomic E-state index is -0.187. The minimum Gasteiger partial charge on any atom is -0.363 e. The van der Waals surface area contributed by atoms with Crippen molar-refractivity contribution in [1.82, 2.24) is 0 Å². The molecule has 0 saturated carbocycles. The maximum absolute atomic E-state index is 5.75. The van der Waals surface area contributed by atoms with Crippen molar-refractivity contribution in [3.63, 3.8) is 0 Å². The van der Waals surface area contributed by atoms with Crippen molar-refractivity contribution in [1.29, 1.82) is 0 Å². The van der Waals surface area contributed by atoms with Crippen LogP contribution in [-0.4, -0.2) is 25.6 Å². The molecule has 1 aromatic rings. The standard InChI is InChI=1S/C14H18O3S/c1-7-15-13(16-8-1)11-3-5-12(6-4-11)14-17-9-2-10-18-14/h3-6,13-14H,1-2,7-10H2. The highest BCUT2D eigenvalue weighted by atomic mass is 32.2. The zero-order valence-corrected chi connectivity index (χ0v) is 11.2. The van der Waals surface area contributed by atoms with Gasteiger partial charge in [0.15, 0.2) is 6.29 Å². The summed E-state index contributed by atoms with van der Waals surface area (Å²) in [5.41, 5.74) is 2.53. The Morgan fingerprint density at radius 2 is 1.50 bits per heavy atom. The van der Waals surface area contributed by atoms with Crippen LogP contribution in [0.3, 0.4) is 0 Å². The Hall–Kier alpha value is -0.550. The van der Waals surface area contributed by atoms with Crippen molar-refractivity contribution >= 4 is 11.8 Å². The van der Waals surface area contributed by atoms with E-state index in [2.05, 4.69) is 24.3 Å². The number of thioether (sulfide) groups is 1. The second-order valence-corrected chi connectivity index (χ2v) is 5.69. The molecule has 98 valence electrons. The van der Waals surface area contributed by atoms with Crippen molar-refractivity contribution in [3.8, 4) is 0 Å². The largest absolute Gasteiger partial charge is 0.363 e. The lowest BCUT2D eigenvalue weighted by Gasteiger charge is -2.25. The molecule has 2 aliphatic heterocycles. The van der Waals surface area contributed by atoms with Crippen LogP contribution in [0.4, 0.5) is 0 Å². The van der Waals surface area contributed by atoms with Crippen LogP contribution in [0.1, 0.15) is 35.7 Å². The summed E-state index contributed by atoms with van der Waals surface area (Å²) in [6.07, 6.45) is 1.96. The van der Waals surface area contributed by atoms with Crippen molar-refractivity contribution < 1.29 is 14.2 Å². The quantitative estimate of drug-likeness (QED) is 0.821. The average molecular weight is 266 g/mol. The maximum Gasteiger partial charge on any atom is 0.183 e. The van der Waals surface area contributed by atoms with E-state index in [9.17, 15) is 0 Å². The molecule has 2 fully saturated rings. The van der Waals surface area contributed by atoms with Crippen molar-refractivity contribution in [2.45, 2.75) is 24.6 Å². The normalized spacial score (nSPS) is 26.1. The van der Waals surface area contributed by atoms with Crippen LogP contribution in [-0.2, 0) is 14.2 Å². The molecule has 0 radical (unpaired) electrons. The summed E-state index contributed by atoms with van der Waals surface area (Å²) in [6.45, 7) is 2.44. The van der Waals surface area contributed by atoms with E-state index in [-0.39, 0.29) is 11.7 Å². The zero-order chi connectivity index (χ0) is 12.2. The third kappa shape index (κ3) is 2.88. The van der Waals surface area contributed by atoms with Gasteiger partial charge in [-0.2, -0.15) is 0 Å². The van der Waals surface area contributed by atoms with Crippen molar-refractivity contribution in [2.75, 3.05) is 25.6 Å². The summed E-state index contributed by atoms with van der Waals surface area (Å²) in [5.74, 6) is 1.18. The van der Waals surface area contributed by atoms with Crippen LogP contribution in [0.5, 0.6) is 0 Å². The van der Waals surface area contributed by atoms with Gasteiger partial charge in [-0.25, -0.2) is 0 Å². The van der Waals surface area contributed by atoms with Crippen LogP contribution in [0.15, 0.2) is 24.3 Å². The lowest BCUT2D eigenvalue weighted by Crippen LogP contribution is -2.17. The van der Waals surface area contributed by atoms with E-state index in [0.717, 1.165) is 38.2 Å². The first-order chi connectivity index (χ1) is 8.93. The predicted octanol–water partition coefficient (Wildman–Crippen LogP) is 3.27. The van der Waals surface area contributed by atoms with Gasteiger partial charge in [-0.05, 0) is 24.2 Å². The fraction of sp³-hybridized carbons (Fsp3) is 0.571. The van der Waals surface area contributed by atoms with Gasteiger partial charge < -0.3 is 14.2 Å². The van der Waals surface area contributed by atoms with Gasteiger partial charge in [0.2, 0.25) is 0 Å². The molecular formula is C14H18O3S. The average Bonchev–Trinajstić information content (AvgIpc) is 2.49. The third-order valence-electron chi connectivity index (χ3n) is 3.14. The molecule has 0 bridgehead atoms. The maximum atomic E-state index is 5.75. The van der Waals surface area contributed by atoms with Gasteiger partial charge in [0.05, 0.1) is 13.2 Å². The molecule has 4 heteroatoms. The molecule has 2 aliphatic rings. The molecule has 1 aromatic carbocycles. The van der Waals surface area contributed by atoms with E-state index in [1.807, 2.05) is 11.8 Å². The minimum absolute atomic E-state index is 0.187. The SMILES string of the molecule is c1cc(C2OCCCS2)ccc1C1OCCCO1. The second kappa shape index (κ2) is 6.06. The van der Waals surface area contributed by atoms with Crippen LogP contribution >= 0.6 is 11.8 Å². The molecule has 2 heterocycles. The molecule has 18 heavy (non-hydrogen) atoms. The summed E-state index contributed by atoms with van der Waals surface area (Å²) in [6, 6.07) is 8.42. The van der Waals surface area contributed by atoms with E-state index >= 15 is 0 Å². The Morgan fingerprint density at radius 3 is 2.17 bits per heavy atom. The highest BCUT2D eigenvalue weighted by Crippen LogP contribution is 2.34. The third-order valence-corrected chi connectivity index (χ3v) is 4.37. The zero-order valence-electron chi connectivity index (χ0n) is 10.3. The van der Waals surface area contributed by atoms with Gasteiger partial charge in [-0.3, -0.25) is 0 Å². The molecule has 0 N–H and O–H groups in total. The second-order valence-electron chi connectivity index (χ2n) is 4.52. The Morgan fingerprint density at radius 1 is 0.833 bits per heavy atom. The molecule has 1 unspecified atom stereocenters. The van der Waals surface area contributed by atoms with Gasteiger partial charge in [0.1, 0.15) is 5.44 Å². The van der Waals surface area contributed by atoms with E-state index in [1.54, 1.807) is 0 Å². The Labute approximate surface area is 112 Å². The monoisotopic (exact) mass is 266 g/mol. The van der Waals surface area contributed by atoms with E-state index in [4.69, 9.17) is 14.2 Å². The first kappa shape index (κ1) is 12.5. The fourth-order valence-corrected chi connectivity index (χ4v) is 3.21. The van der Waals surface area contributed by atoms with Crippen LogP contribution in [0, 0.1) is 0 Å². The molecule has 0 aromatic heterocycles. The smallest absolute Gasteiger partial charge is 0.183 e. The van der Waals surface area contributed by atoms with Crippen molar-refractivity contribution in [2.24, 2.45) is 0 Å². The summed E-state index contributed by atoms with van der Waals surface area (Å²) in [7, 11) is 0. The van der Waals surface area contributed by atoms with Crippen LogP contribution < -0.4 is 0 Å². The number of ether oxygens (including phenoxy) is 3.